The van der Waals surface area contributed by atoms with Crippen molar-refractivity contribution in [1.29, 1.82) is 0 Å². The molecule has 1 fully saturated rings. The Morgan fingerprint density at radius 3 is 2.67 bits per heavy atom. The highest BCUT2D eigenvalue weighted by Gasteiger charge is 2.52. The van der Waals surface area contributed by atoms with Crippen LogP contribution in [0.3, 0.4) is 0 Å². The summed E-state index contributed by atoms with van der Waals surface area (Å²) in [6, 6.07) is 12.1. The van der Waals surface area contributed by atoms with E-state index in [0.29, 0.717) is 39.1 Å². The molecule has 4 aliphatic rings. The highest BCUT2D eigenvalue weighted by Crippen LogP contribution is 2.53. The molecule has 1 spiro atoms. The molecule has 0 N–H and O–H groups in total. The molecular weight excluding hydrogens is 422 g/mol. The lowest BCUT2D eigenvalue weighted by Gasteiger charge is -2.51. The van der Waals surface area contributed by atoms with Gasteiger partial charge in [0.25, 0.3) is 0 Å². The summed E-state index contributed by atoms with van der Waals surface area (Å²) in [7, 11) is 1.67. The Kier molecular flexibility index (Phi) is 4.64. The number of likely N-dealkylation sites (tertiary alicyclic amines) is 1. The fourth-order valence-electron chi connectivity index (χ4n) is 5.33. The molecule has 172 valence electrons. The lowest BCUT2D eigenvalue weighted by atomic mass is 9.90. The summed E-state index contributed by atoms with van der Waals surface area (Å²) in [5.74, 6) is 3.14. The predicted octanol–water partition coefficient (Wildman–Crippen LogP) is 3.35. The number of nitrogens with zero attached hydrogens (tertiary/aromatic N) is 3. The van der Waals surface area contributed by atoms with Crippen molar-refractivity contribution >= 4 is 11.6 Å². The molecule has 8 nitrogen and oxygen atoms in total. The number of carbonyl (C=O) groups is 1. The van der Waals surface area contributed by atoms with Crippen molar-refractivity contribution in [2.45, 2.75) is 38.0 Å². The van der Waals surface area contributed by atoms with E-state index in [2.05, 4.69) is 11.1 Å². The van der Waals surface area contributed by atoms with Gasteiger partial charge in [-0.15, -0.1) is 0 Å². The molecule has 0 saturated carbocycles. The Bertz CT molecular complexity index is 1140. The molecule has 8 heteroatoms. The second kappa shape index (κ2) is 7.57. The van der Waals surface area contributed by atoms with Crippen LogP contribution in [-0.4, -0.2) is 60.7 Å². The molecule has 4 aliphatic heterocycles. The SMILES string of the molecule is COc1cccc2c1OC1(CCN(C(C)=O)CC1)N1N=C(c3ccc4c(c3)OCCO4)C[C@@H]21. The van der Waals surface area contributed by atoms with E-state index in [1.807, 2.05) is 35.2 Å². The van der Waals surface area contributed by atoms with E-state index in [1.54, 1.807) is 14.0 Å². The van der Waals surface area contributed by atoms with Crippen molar-refractivity contribution in [3.63, 3.8) is 0 Å². The van der Waals surface area contributed by atoms with Crippen LogP contribution < -0.4 is 18.9 Å². The molecule has 2 aromatic carbocycles. The molecule has 6 rings (SSSR count). The predicted molar refractivity (Wildman–Crippen MR) is 121 cm³/mol. The molecule has 4 heterocycles. The molecular formula is C25H27N3O5. The molecule has 0 aliphatic carbocycles. The van der Waals surface area contributed by atoms with Gasteiger partial charge in [-0.05, 0) is 24.3 Å². The Morgan fingerprint density at radius 2 is 1.91 bits per heavy atom. The van der Waals surface area contributed by atoms with Crippen LogP contribution >= 0.6 is 0 Å². The minimum absolute atomic E-state index is 0.0379. The fraction of sp³-hybridized carbons (Fsp3) is 0.440. The van der Waals surface area contributed by atoms with Crippen molar-refractivity contribution in [3.8, 4) is 23.0 Å². The zero-order valence-electron chi connectivity index (χ0n) is 18.9. The highest BCUT2D eigenvalue weighted by atomic mass is 16.6. The lowest BCUT2D eigenvalue weighted by molar-refractivity contribution is -0.159. The molecule has 1 saturated heterocycles. The Hall–Kier alpha value is -3.42. The van der Waals surface area contributed by atoms with Crippen LogP contribution in [0.2, 0.25) is 0 Å². The summed E-state index contributed by atoms with van der Waals surface area (Å²) in [6.07, 6.45) is 2.11. The quantitative estimate of drug-likeness (QED) is 0.700. The molecule has 2 aromatic rings. The topological polar surface area (TPSA) is 72.8 Å². The number of hydrogen-bond donors (Lipinski definition) is 0. The van der Waals surface area contributed by atoms with Gasteiger partial charge < -0.3 is 23.8 Å². The molecule has 1 atom stereocenters. The van der Waals surface area contributed by atoms with Gasteiger partial charge in [-0.3, -0.25) is 4.79 Å². The zero-order valence-corrected chi connectivity index (χ0v) is 18.9. The fourth-order valence-corrected chi connectivity index (χ4v) is 5.33. The number of fused-ring (bicyclic) bond motifs is 5. The van der Waals surface area contributed by atoms with Crippen LogP contribution in [0.15, 0.2) is 41.5 Å². The smallest absolute Gasteiger partial charge is 0.219 e. The summed E-state index contributed by atoms with van der Waals surface area (Å²) in [5.41, 5.74) is 2.47. The maximum atomic E-state index is 12.0. The van der Waals surface area contributed by atoms with E-state index in [4.69, 9.17) is 24.0 Å². The third-order valence-corrected chi connectivity index (χ3v) is 7.07. The third kappa shape index (κ3) is 3.19. The first-order chi connectivity index (χ1) is 16.1. The summed E-state index contributed by atoms with van der Waals surface area (Å²) in [5, 5.41) is 7.25. The van der Waals surface area contributed by atoms with Gasteiger partial charge in [0.1, 0.15) is 13.2 Å². The Morgan fingerprint density at radius 1 is 1.12 bits per heavy atom. The van der Waals surface area contributed by atoms with Gasteiger partial charge in [0.15, 0.2) is 23.0 Å². The minimum Gasteiger partial charge on any atom is -0.493 e. The third-order valence-electron chi connectivity index (χ3n) is 7.07. The van der Waals surface area contributed by atoms with Gasteiger partial charge in [-0.25, -0.2) is 5.01 Å². The number of methoxy groups -OCH3 is 1. The van der Waals surface area contributed by atoms with Crippen molar-refractivity contribution < 1.29 is 23.7 Å². The molecule has 0 bridgehead atoms. The largest absolute Gasteiger partial charge is 0.493 e. The number of para-hydroxylation sites is 1. The first kappa shape index (κ1) is 20.2. The second-order valence-electron chi connectivity index (χ2n) is 8.90. The summed E-state index contributed by atoms with van der Waals surface area (Å²) in [4.78, 5) is 13.8. The van der Waals surface area contributed by atoms with E-state index in [0.717, 1.165) is 46.3 Å². The first-order valence-corrected chi connectivity index (χ1v) is 11.5. The molecule has 0 radical (unpaired) electrons. The number of hydrogen-bond acceptors (Lipinski definition) is 7. The van der Waals surface area contributed by atoms with E-state index in [-0.39, 0.29) is 11.9 Å². The van der Waals surface area contributed by atoms with Crippen molar-refractivity contribution in [2.75, 3.05) is 33.4 Å². The standard InChI is InChI=1S/C25H27N3O5/c1-16(29)27-10-8-25(9-11-27)28-20(18-4-3-5-22(30-2)24(18)33-25)15-19(26-28)17-6-7-21-23(14-17)32-13-12-31-21/h3-7,14,20H,8-13,15H2,1-2H3/t20-/m0/s1. The van der Waals surface area contributed by atoms with E-state index in [9.17, 15) is 4.79 Å². The normalized spacial score (nSPS) is 22.2. The molecule has 0 aromatic heterocycles. The van der Waals surface area contributed by atoms with Gasteiger partial charge in [0, 0.05) is 50.4 Å². The molecule has 1 amide bonds. The number of amides is 1. The first-order valence-electron chi connectivity index (χ1n) is 11.5. The Labute approximate surface area is 192 Å². The number of piperidine rings is 1. The molecule has 0 unspecified atom stereocenters. The average molecular weight is 450 g/mol. The van der Waals surface area contributed by atoms with Crippen LogP contribution in [0.5, 0.6) is 23.0 Å². The number of ether oxygens (including phenoxy) is 4. The maximum Gasteiger partial charge on any atom is 0.219 e. The number of benzene rings is 2. The van der Waals surface area contributed by atoms with Crippen molar-refractivity contribution in [2.24, 2.45) is 5.10 Å². The number of rotatable bonds is 2. The van der Waals surface area contributed by atoms with Crippen LogP contribution in [-0.2, 0) is 4.79 Å². The van der Waals surface area contributed by atoms with E-state index in [1.165, 1.54) is 0 Å². The zero-order chi connectivity index (χ0) is 22.6. The van der Waals surface area contributed by atoms with Gasteiger partial charge in [-0.2, -0.15) is 5.10 Å². The Balaban J connectivity index is 1.40. The lowest BCUT2D eigenvalue weighted by Crippen LogP contribution is -2.59. The highest BCUT2D eigenvalue weighted by molar-refractivity contribution is 6.02. The number of carbonyl (C=O) groups excluding carboxylic acids is 1. The minimum atomic E-state index is -0.617. The van der Waals surface area contributed by atoms with E-state index < -0.39 is 5.72 Å². The summed E-state index contributed by atoms with van der Waals surface area (Å²) in [6.45, 7) is 4.01. The van der Waals surface area contributed by atoms with Crippen molar-refractivity contribution in [1.82, 2.24) is 9.91 Å². The second-order valence-corrected chi connectivity index (χ2v) is 8.90. The summed E-state index contributed by atoms with van der Waals surface area (Å²) < 4.78 is 23.8. The maximum absolute atomic E-state index is 12.0. The monoisotopic (exact) mass is 449 g/mol. The van der Waals surface area contributed by atoms with Crippen LogP contribution in [0.25, 0.3) is 0 Å². The van der Waals surface area contributed by atoms with Gasteiger partial charge >= 0.3 is 0 Å². The summed E-state index contributed by atoms with van der Waals surface area (Å²) >= 11 is 0. The molecule has 33 heavy (non-hydrogen) atoms. The van der Waals surface area contributed by atoms with Crippen molar-refractivity contribution in [3.05, 3.63) is 47.5 Å². The van der Waals surface area contributed by atoms with Gasteiger partial charge in [0.05, 0.1) is 18.9 Å². The van der Waals surface area contributed by atoms with Crippen LogP contribution in [0, 0.1) is 0 Å². The van der Waals surface area contributed by atoms with Crippen LogP contribution in [0.4, 0.5) is 0 Å². The van der Waals surface area contributed by atoms with Gasteiger partial charge in [-0.1, -0.05) is 12.1 Å². The number of hydrazone groups is 1. The average Bonchev–Trinajstić information content (AvgIpc) is 3.31. The van der Waals surface area contributed by atoms with Crippen LogP contribution in [0.1, 0.15) is 43.4 Å². The van der Waals surface area contributed by atoms with Gasteiger partial charge in [0.2, 0.25) is 11.6 Å². The van der Waals surface area contributed by atoms with E-state index >= 15 is 0 Å².